The number of hydrogen-bond acceptors (Lipinski definition) is 4. The van der Waals surface area contributed by atoms with Crippen LogP contribution in [-0.2, 0) is 0 Å². The number of rotatable bonds is 4. The summed E-state index contributed by atoms with van der Waals surface area (Å²) in [4.78, 5) is 25.8. The lowest BCUT2D eigenvalue weighted by atomic mass is 9.98. The highest BCUT2D eigenvalue weighted by atomic mass is 16.2. The summed E-state index contributed by atoms with van der Waals surface area (Å²) in [6.45, 7) is 3.00. The van der Waals surface area contributed by atoms with E-state index in [0.717, 1.165) is 36.5 Å². The number of piperidine rings is 1. The Labute approximate surface area is 159 Å². The molecular weight excluding hydrogens is 338 g/mol. The van der Waals surface area contributed by atoms with E-state index in [0.29, 0.717) is 11.5 Å². The highest BCUT2D eigenvalue weighted by Gasteiger charge is 2.21. The van der Waals surface area contributed by atoms with Crippen molar-refractivity contribution in [2.24, 2.45) is 5.92 Å². The van der Waals surface area contributed by atoms with Gasteiger partial charge >= 0.3 is 0 Å². The summed E-state index contributed by atoms with van der Waals surface area (Å²) in [5.74, 6) is 1.33. The highest BCUT2D eigenvalue weighted by Crippen LogP contribution is 2.18. The zero-order chi connectivity index (χ0) is 18.8. The van der Waals surface area contributed by atoms with Gasteiger partial charge in [-0.05, 0) is 56.6 Å². The maximum atomic E-state index is 12.8. The first-order valence-electron chi connectivity index (χ1n) is 9.44. The minimum absolute atomic E-state index is 0.0257. The fourth-order valence-electron chi connectivity index (χ4n) is 3.91. The molecule has 0 aliphatic carbocycles. The summed E-state index contributed by atoms with van der Waals surface area (Å²) in [7, 11) is 4.03. The molecule has 3 aromatic rings. The highest BCUT2D eigenvalue weighted by molar-refractivity contribution is 5.93. The average Bonchev–Trinajstić information content (AvgIpc) is 3.12. The normalized spacial score (nSPS) is 17.9. The molecule has 1 amide bonds. The standard InChI is InChI=1S/C21H25N5O/c1-24-11-5-6-16(13-24)14-25(2)21(27)17-9-10-20(22-12-17)26-15-23-18-7-3-4-8-19(18)26/h3-4,7-10,12,15-16H,5-6,11,13-14H2,1-2H3. The van der Waals surface area contributed by atoms with Gasteiger partial charge in [0.15, 0.2) is 0 Å². The van der Waals surface area contributed by atoms with Crippen molar-refractivity contribution in [1.82, 2.24) is 24.3 Å². The molecule has 1 unspecified atom stereocenters. The number of imidazole rings is 1. The first kappa shape index (κ1) is 17.7. The van der Waals surface area contributed by atoms with E-state index in [4.69, 9.17) is 0 Å². The fraction of sp³-hybridized carbons (Fsp3) is 0.381. The number of benzene rings is 1. The Morgan fingerprint density at radius 2 is 2.07 bits per heavy atom. The van der Waals surface area contributed by atoms with Crippen LogP contribution in [0.15, 0.2) is 48.9 Å². The van der Waals surface area contributed by atoms with E-state index in [9.17, 15) is 4.79 Å². The number of pyridine rings is 1. The molecule has 1 saturated heterocycles. The minimum Gasteiger partial charge on any atom is -0.341 e. The predicted molar refractivity (Wildman–Crippen MR) is 106 cm³/mol. The first-order chi connectivity index (χ1) is 13.1. The SMILES string of the molecule is CN1CCCC(CN(C)C(=O)c2ccc(-n3cnc4ccccc43)nc2)C1. The first-order valence-corrected chi connectivity index (χ1v) is 9.44. The molecule has 1 aromatic carbocycles. The van der Waals surface area contributed by atoms with Crippen molar-refractivity contribution in [2.75, 3.05) is 33.7 Å². The van der Waals surface area contributed by atoms with Crippen molar-refractivity contribution < 1.29 is 4.79 Å². The summed E-state index contributed by atoms with van der Waals surface area (Å²) < 4.78 is 1.94. The van der Waals surface area contributed by atoms with E-state index in [1.807, 2.05) is 52.9 Å². The van der Waals surface area contributed by atoms with Crippen molar-refractivity contribution in [3.05, 3.63) is 54.5 Å². The molecule has 6 heteroatoms. The zero-order valence-corrected chi connectivity index (χ0v) is 15.9. The Morgan fingerprint density at radius 1 is 1.22 bits per heavy atom. The molecule has 0 radical (unpaired) electrons. The number of carbonyl (C=O) groups is 1. The van der Waals surface area contributed by atoms with Crippen LogP contribution in [0.1, 0.15) is 23.2 Å². The summed E-state index contributed by atoms with van der Waals surface area (Å²) in [5, 5.41) is 0. The summed E-state index contributed by atoms with van der Waals surface area (Å²) in [6, 6.07) is 11.7. The number of para-hydroxylation sites is 2. The van der Waals surface area contributed by atoms with Crippen molar-refractivity contribution in [3.8, 4) is 5.82 Å². The van der Waals surface area contributed by atoms with Gasteiger partial charge in [0, 0.05) is 26.3 Å². The number of likely N-dealkylation sites (tertiary alicyclic amines) is 1. The predicted octanol–water partition coefficient (Wildman–Crippen LogP) is 2.83. The van der Waals surface area contributed by atoms with E-state index >= 15 is 0 Å². The number of nitrogens with zero attached hydrogens (tertiary/aromatic N) is 5. The van der Waals surface area contributed by atoms with Crippen LogP contribution in [0.25, 0.3) is 16.9 Å². The Bertz CT molecular complexity index is 933. The van der Waals surface area contributed by atoms with Gasteiger partial charge in [0.1, 0.15) is 12.1 Å². The fourth-order valence-corrected chi connectivity index (χ4v) is 3.91. The molecule has 140 valence electrons. The van der Waals surface area contributed by atoms with Crippen LogP contribution in [0, 0.1) is 5.92 Å². The second-order valence-corrected chi connectivity index (χ2v) is 7.46. The van der Waals surface area contributed by atoms with Gasteiger partial charge in [-0.2, -0.15) is 0 Å². The molecule has 6 nitrogen and oxygen atoms in total. The third-order valence-electron chi connectivity index (χ3n) is 5.30. The van der Waals surface area contributed by atoms with Gasteiger partial charge in [-0.3, -0.25) is 9.36 Å². The second kappa shape index (κ2) is 7.48. The average molecular weight is 363 g/mol. The molecule has 0 N–H and O–H groups in total. The minimum atomic E-state index is 0.0257. The lowest BCUT2D eigenvalue weighted by Crippen LogP contribution is -2.40. The molecule has 2 aromatic heterocycles. The molecule has 4 rings (SSSR count). The molecule has 3 heterocycles. The molecule has 27 heavy (non-hydrogen) atoms. The maximum absolute atomic E-state index is 12.8. The van der Waals surface area contributed by atoms with Gasteiger partial charge in [-0.25, -0.2) is 9.97 Å². The molecule has 0 saturated carbocycles. The molecule has 1 atom stereocenters. The Balaban J connectivity index is 1.47. The zero-order valence-electron chi connectivity index (χ0n) is 15.9. The van der Waals surface area contributed by atoms with E-state index < -0.39 is 0 Å². The van der Waals surface area contributed by atoms with Crippen LogP contribution >= 0.6 is 0 Å². The molecule has 1 aliphatic heterocycles. The maximum Gasteiger partial charge on any atom is 0.255 e. The van der Waals surface area contributed by atoms with Crippen molar-refractivity contribution >= 4 is 16.9 Å². The van der Waals surface area contributed by atoms with Gasteiger partial charge in [-0.15, -0.1) is 0 Å². The van der Waals surface area contributed by atoms with Crippen LogP contribution in [-0.4, -0.2) is 64.0 Å². The summed E-state index contributed by atoms with van der Waals surface area (Å²) >= 11 is 0. The van der Waals surface area contributed by atoms with E-state index in [1.54, 1.807) is 12.5 Å². The van der Waals surface area contributed by atoms with Crippen LogP contribution in [0.4, 0.5) is 0 Å². The molecule has 0 bridgehead atoms. The van der Waals surface area contributed by atoms with Gasteiger partial charge in [-0.1, -0.05) is 12.1 Å². The van der Waals surface area contributed by atoms with E-state index in [-0.39, 0.29) is 5.91 Å². The third-order valence-corrected chi connectivity index (χ3v) is 5.30. The largest absolute Gasteiger partial charge is 0.341 e. The number of hydrogen-bond donors (Lipinski definition) is 0. The van der Waals surface area contributed by atoms with E-state index in [2.05, 4.69) is 21.9 Å². The monoisotopic (exact) mass is 363 g/mol. The van der Waals surface area contributed by atoms with Crippen LogP contribution in [0.3, 0.4) is 0 Å². The van der Waals surface area contributed by atoms with Crippen molar-refractivity contribution in [1.29, 1.82) is 0 Å². The second-order valence-electron chi connectivity index (χ2n) is 7.46. The summed E-state index contributed by atoms with van der Waals surface area (Å²) in [6.07, 6.45) is 5.82. The Kier molecular flexibility index (Phi) is 4.90. The smallest absolute Gasteiger partial charge is 0.255 e. The number of carbonyl (C=O) groups excluding carboxylic acids is 1. The molecule has 1 aliphatic rings. The van der Waals surface area contributed by atoms with E-state index in [1.165, 1.54) is 12.8 Å². The lowest BCUT2D eigenvalue weighted by Gasteiger charge is -2.32. The number of aromatic nitrogens is 3. The number of amides is 1. The molecular formula is C21H25N5O. The lowest BCUT2D eigenvalue weighted by molar-refractivity contribution is 0.0740. The Morgan fingerprint density at radius 3 is 2.85 bits per heavy atom. The quantitative estimate of drug-likeness (QED) is 0.715. The van der Waals surface area contributed by atoms with Gasteiger partial charge in [0.25, 0.3) is 5.91 Å². The van der Waals surface area contributed by atoms with Crippen LogP contribution in [0.2, 0.25) is 0 Å². The van der Waals surface area contributed by atoms with Gasteiger partial charge < -0.3 is 9.80 Å². The van der Waals surface area contributed by atoms with Gasteiger partial charge in [0.05, 0.1) is 16.6 Å². The Hall–Kier alpha value is -2.73. The van der Waals surface area contributed by atoms with Crippen molar-refractivity contribution in [3.63, 3.8) is 0 Å². The number of fused-ring (bicyclic) bond motifs is 1. The molecule has 0 spiro atoms. The van der Waals surface area contributed by atoms with Crippen molar-refractivity contribution in [2.45, 2.75) is 12.8 Å². The third kappa shape index (κ3) is 3.71. The molecule has 1 fully saturated rings. The topological polar surface area (TPSA) is 54.3 Å². The van der Waals surface area contributed by atoms with Gasteiger partial charge in [0.2, 0.25) is 0 Å². The van der Waals surface area contributed by atoms with Crippen LogP contribution < -0.4 is 0 Å². The summed E-state index contributed by atoms with van der Waals surface area (Å²) in [5.41, 5.74) is 2.55. The van der Waals surface area contributed by atoms with Crippen LogP contribution in [0.5, 0.6) is 0 Å².